The minimum atomic E-state index is -3.74. The normalized spacial score (nSPS) is 13.1. The quantitative estimate of drug-likeness (QED) is 0.744. The summed E-state index contributed by atoms with van der Waals surface area (Å²) < 4.78 is 25.6. The zero-order valence-electron chi connectivity index (χ0n) is 8.14. The minimum absolute atomic E-state index is 0.174. The molecule has 0 spiro atoms. The molecule has 1 unspecified atom stereocenters. The molecule has 0 amide bonds. The Balaban J connectivity index is 3.09. The Kier molecular flexibility index (Phi) is 3.35. The van der Waals surface area contributed by atoms with Gasteiger partial charge in [0.25, 0.3) is 0 Å². The summed E-state index contributed by atoms with van der Waals surface area (Å²) >= 11 is 0. The number of phenols is 1. The summed E-state index contributed by atoms with van der Waals surface area (Å²) in [4.78, 5) is -0.174. The highest BCUT2D eigenvalue weighted by Crippen LogP contribution is 2.21. The van der Waals surface area contributed by atoms with Crippen LogP contribution >= 0.6 is 0 Å². The molecule has 1 aromatic carbocycles. The molecule has 0 aliphatic carbocycles. The lowest BCUT2D eigenvalue weighted by Gasteiger charge is -2.09. The molecule has 80 valence electrons. The van der Waals surface area contributed by atoms with Crippen molar-refractivity contribution < 1.29 is 13.5 Å². The summed E-state index contributed by atoms with van der Waals surface area (Å²) in [6.45, 7) is 1.54. The molecule has 1 rings (SSSR count). The molecule has 5 heteroatoms. The average Bonchev–Trinajstić information content (AvgIpc) is 2.17. The number of hydrogen-bond donors (Lipinski definition) is 2. The second-order valence-corrected chi connectivity index (χ2v) is 4.66. The van der Waals surface area contributed by atoms with Crippen molar-refractivity contribution in [1.29, 1.82) is 0 Å². The molecule has 0 saturated carbocycles. The van der Waals surface area contributed by atoms with Crippen molar-refractivity contribution in [3.63, 3.8) is 0 Å². The maximum atomic E-state index is 11.7. The Hall–Kier alpha value is -1.51. The third kappa shape index (κ3) is 2.72. The maximum Gasteiger partial charge on any atom is 0.245 e. The highest BCUT2D eigenvalue weighted by molar-refractivity contribution is 7.89. The van der Waals surface area contributed by atoms with Gasteiger partial charge < -0.3 is 5.11 Å². The predicted molar refractivity (Wildman–Crippen MR) is 56.7 cm³/mol. The SMILES string of the molecule is C#CC(C)NS(=O)(=O)c1ccccc1O. The Morgan fingerprint density at radius 1 is 1.47 bits per heavy atom. The number of rotatable bonds is 3. The number of aromatic hydroxyl groups is 1. The Bertz CT molecular complexity index is 488. The third-order valence-electron chi connectivity index (χ3n) is 1.74. The van der Waals surface area contributed by atoms with Gasteiger partial charge in [0.2, 0.25) is 10.0 Å². The van der Waals surface area contributed by atoms with Crippen LogP contribution in [0.25, 0.3) is 0 Å². The van der Waals surface area contributed by atoms with Gasteiger partial charge in [0, 0.05) is 0 Å². The fourth-order valence-electron chi connectivity index (χ4n) is 1.01. The molecule has 1 atom stereocenters. The molecule has 0 saturated heterocycles. The van der Waals surface area contributed by atoms with E-state index in [0.29, 0.717) is 0 Å². The number of para-hydroxylation sites is 1. The first-order valence-corrected chi connectivity index (χ1v) is 5.72. The van der Waals surface area contributed by atoms with E-state index in [1.807, 2.05) is 0 Å². The van der Waals surface area contributed by atoms with Gasteiger partial charge >= 0.3 is 0 Å². The number of hydrogen-bond acceptors (Lipinski definition) is 3. The highest BCUT2D eigenvalue weighted by atomic mass is 32.2. The van der Waals surface area contributed by atoms with Crippen molar-refractivity contribution >= 4 is 10.0 Å². The van der Waals surface area contributed by atoms with Crippen molar-refractivity contribution in [2.45, 2.75) is 17.9 Å². The summed E-state index contributed by atoms with van der Waals surface area (Å²) in [5, 5.41) is 9.36. The van der Waals surface area contributed by atoms with E-state index in [-0.39, 0.29) is 10.6 Å². The Labute approximate surface area is 89.0 Å². The van der Waals surface area contributed by atoms with Crippen molar-refractivity contribution in [2.75, 3.05) is 0 Å². The third-order valence-corrected chi connectivity index (χ3v) is 3.32. The van der Waals surface area contributed by atoms with Gasteiger partial charge in [0.1, 0.15) is 10.6 Å². The molecule has 0 aliphatic rings. The topological polar surface area (TPSA) is 66.4 Å². The van der Waals surface area contributed by atoms with Crippen molar-refractivity contribution in [2.24, 2.45) is 0 Å². The van der Waals surface area contributed by atoms with Gasteiger partial charge in [-0.05, 0) is 19.1 Å². The minimum Gasteiger partial charge on any atom is -0.507 e. The van der Waals surface area contributed by atoms with Crippen LogP contribution in [0.4, 0.5) is 0 Å². The molecular weight excluding hydrogens is 214 g/mol. The molecule has 0 heterocycles. The lowest BCUT2D eigenvalue weighted by Crippen LogP contribution is -2.31. The maximum absolute atomic E-state index is 11.7. The smallest absolute Gasteiger partial charge is 0.245 e. The summed E-state index contributed by atoms with van der Waals surface area (Å²) in [6, 6.07) is 5.05. The summed E-state index contributed by atoms with van der Waals surface area (Å²) in [5.41, 5.74) is 0. The van der Waals surface area contributed by atoms with E-state index in [2.05, 4.69) is 10.6 Å². The number of benzene rings is 1. The fraction of sp³-hybridized carbons (Fsp3) is 0.200. The van der Waals surface area contributed by atoms with Crippen molar-refractivity contribution in [3.8, 4) is 18.1 Å². The molecule has 0 aromatic heterocycles. The lowest BCUT2D eigenvalue weighted by atomic mass is 10.3. The van der Waals surface area contributed by atoms with Gasteiger partial charge in [-0.1, -0.05) is 18.1 Å². The van der Waals surface area contributed by atoms with Crippen LogP contribution in [0.15, 0.2) is 29.2 Å². The lowest BCUT2D eigenvalue weighted by molar-refractivity contribution is 0.457. The molecule has 0 fully saturated rings. The molecule has 2 N–H and O–H groups in total. The van der Waals surface area contributed by atoms with Crippen LogP contribution < -0.4 is 4.72 Å². The second kappa shape index (κ2) is 4.34. The zero-order chi connectivity index (χ0) is 11.5. The number of terminal acetylenes is 1. The first-order chi connectivity index (χ1) is 6.97. The average molecular weight is 225 g/mol. The van der Waals surface area contributed by atoms with Gasteiger partial charge in [-0.2, -0.15) is 4.72 Å². The highest BCUT2D eigenvalue weighted by Gasteiger charge is 2.19. The standard InChI is InChI=1S/C10H11NO3S/c1-3-8(2)11-15(13,14)10-7-5-4-6-9(10)12/h1,4-8,11-12H,2H3. The first-order valence-electron chi connectivity index (χ1n) is 4.24. The number of sulfonamides is 1. The monoisotopic (exact) mass is 225 g/mol. The molecule has 0 bridgehead atoms. The second-order valence-electron chi connectivity index (χ2n) is 2.98. The van der Waals surface area contributed by atoms with Gasteiger partial charge in [0.15, 0.2) is 0 Å². The van der Waals surface area contributed by atoms with Crippen LogP contribution in [0.2, 0.25) is 0 Å². The summed E-state index contributed by atoms with van der Waals surface area (Å²) in [7, 11) is -3.74. The molecule has 1 aromatic rings. The molecular formula is C10H11NO3S. The molecule has 0 radical (unpaired) electrons. The van der Waals surface area contributed by atoms with Gasteiger partial charge in [0.05, 0.1) is 6.04 Å². The molecule has 15 heavy (non-hydrogen) atoms. The summed E-state index contributed by atoms with van der Waals surface area (Å²) in [6.07, 6.45) is 5.06. The van der Waals surface area contributed by atoms with Crippen LogP contribution in [0.1, 0.15) is 6.92 Å². The van der Waals surface area contributed by atoms with E-state index in [9.17, 15) is 13.5 Å². The zero-order valence-corrected chi connectivity index (χ0v) is 8.95. The summed E-state index contributed by atoms with van der Waals surface area (Å²) in [5.74, 6) is 1.94. The van der Waals surface area contributed by atoms with Crippen molar-refractivity contribution in [3.05, 3.63) is 24.3 Å². The van der Waals surface area contributed by atoms with Crippen LogP contribution in [0.3, 0.4) is 0 Å². The van der Waals surface area contributed by atoms with E-state index in [1.165, 1.54) is 25.1 Å². The number of nitrogens with one attached hydrogen (secondary N) is 1. The Morgan fingerprint density at radius 3 is 2.60 bits per heavy atom. The van der Waals surface area contributed by atoms with E-state index in [0.717, 1.165) is 0 Å². The van der Waals surface area contributed by atoms with E-state index >= 15 is 0 Å². The first kappa shape index (κ1) is 11.6. The van der Waals surface area contributed by atoms with E-state index in [4.69, 9.17) is 6.42 Å². The van der Waals surface area contributed by atoms with Crippen LogP contribution in [-0.4, -0.2) is 19.6 Å². The van der Waals surface area contributed by atoms with Crippen LogP contribution in [-0.2, 0) is 10.0 Å². The van der Waals surface area contributed by atoms with Gasteiger partial charge in [-0.15, -0.1) is 6.42 Å². The van der Waals surface area contributed by atoms with Crippen molar-refractivity contribution in [1.82, 2.24) is 4.72 Å². The van der Waals surface area contributed by atoms with Gasteiger partial charge in [-0.3, -0.25) is 0 Å². The van der Waals surface area contributed by atoms with E-state index < -0.39 is 16.1 Å². The molecule has 4 nitrogen and oxygen atoms in total. The fourth-order valence-corrected chi connectivity index (χ4v) is 2.28. The Morgan fingerprint density at radius 2 is 2.07 bits per heavy atom. The van der Waals surface area contributed by atoms with Crippen LogP contribution in [0.5, 0.6) is 5.75 Å². The van der Waals surface area contributed by atoms with Gasteiger partial charge in [-0.25, -0.2) is 8.42 Å². The molecule has 0 aliphatic heterocycles. The largest absolute Gasteiger partial charge is 0.507 e. The number of phenolic OH excluding ortho intramolecular Hbond substituents is 1. The van der Waals surface area contributed by atoms with E-state index in [1.54, 1.807) is 6.07 Å². The van der Waals surface area contributed by atoms with Crippen LogP contribution in [0, 0.1) is 12.3 Å². The predicted octanol–water partition coefficient (Wildman–Crippen LogP) is 0.692.